The lowest BCUT2D eigenvalue weighted by Gasteiger charge is -2.41. The van der Waals surface area contributed by atoms with Gasteiger partial charge >= 0.3 is 0 Å². The lowest BCUT2D eigenvalue weighted by atomic mass is 9.73. The van der Waals surface area contributed by atoms with Crippen molar-refractivity contribution in [1.29, 1.82) is 0 Å². The molecule has 0 saturated carbocycles. The average molecular weight is 296 g/mol. The van der Waals surface area contributed by atoms with E-state index in [9.17, 15) is 9.90 Å². The molecule has 0 radical (unpaired) electrons. The summed E-state index contributed by atoms with van der Waals surface area (Å²) in [5.41, 5.74) is 0.446. The van der Waals surface area contributed by atoms with Crippen molar-refractivity contribution in [1.82, 2.24) is 0 Å². The second kappa shape index (κ2) is 6.03. The van der Waals surface area contributed by atoms with Crippen molar-refractivity contribution in [2.45, 2.75) is 12.0 Å². The van der Waals surface area contributed by atoms with Crippen LogP contribution in [0.4, 0.5) is 0 Å². The molecular formula is C19H22NO2+. The summed E-state index contributed by atoms with van der Waals surface area (Å²) in [6.45, 7) is 1.52. The number of piperidine rings is 1. The summed E-state index contributed by atoms with van der Waals surface area (Å²) in [6.07, 6.45) is 0.603. The molecule has 3 heteroatoms. The Morgan fingerprint density at radius 2 is 1.68 bits per heavy atom. The van der Waals surface area contributed by atoms with Crippen LogP contribution >= 0.6 is 0 Å². The molecule has 0 amide bonds. The fraction of sp³-hybridized carbons (Fsp3) is 0.316. The summed E-state index contributed by atoms with van der Waals surface area (Å²) in [7, 11) is 2.08. The molecule has 1 unspecified atom stereocenters. The normalized spacial score (nSPS) is 28.3. The Labute approximate surface area is 131 Å². The van der Waals surface area contributed by atoms with Gasteiger partial charge in [0.15, 0.2) is 5.78 Å². The van der Waals surface area contributed by atoms with Crippen LogP contribution in [0, 0.1) is 5.92 Å². The zero-order valence-corrected chi connectivity index (χ0v) is 12.8. The predicted octanol–water partition coefficient (Wildman–Crippen LogP) is 1.29. The molecule has 0 aliphatic carbocycles. The standard InChI is InChI=1S/C19H21NO2/c1-20-13-12-19(22,16-10-6-3-7-11-16)17(14-20)18(21)15-8-4-2-5-9-15/h2-11,17,22H,12-14H2,1H3/p+1/t17-,19+/m0/s1. The highest BCUT2D eigenvalue weighted by Crippen LogP contribution is 2.35. The smallest absolute Gasteiger partial charge is 0.174 e. The first-order chi connectivity index (χ1) is 10.6. The quantitative estimate of drug-likeness (QED) is 0.838. The molecule has 22 heavy (non-hydrogen) atoms. The molecule has 1 aliphatic heterocycles. The van der Waals surface area contributed by atoms with Crippen molar-refractivity contribution in [2.24, 2.45) is 5.92 Å². The third-order valence-electron chi connectivity index (χ3n) is 4.71. The number of likely N-dealkylation sites (tertiary alicyclic amines) is 1. The topological polar surface area (TPSA) is 41.7 Å². The van der Waals surface area contributed by atoms with Crippen LogP contribution in [0.2, 0.25) is 0 Å². The number of nitrogens with one attached hydrogen (secondary N) is 1. The molecule has 3 rings (SSSR count). The lowest BCUT2D eigenvalue weighted by molar-refractivity contribution is -0.890. The van der Waals surface area contributed by atoms with E-state index in [-0.39, 0.29) is 5.78 Å². The molecule has 3 atom stereocenters. The van der Waals surface area contributed by atoms with Gasteiger partial charge in [-0.05, 0) is 5.56 Å². The first-order valence-corrected chi connectivity index (χ1v) is 7.80. The molecule has 1 aliphatic rings. The van der Waals surface area contributed by atoms with E-state index in [4.69, 9.17) is 0 Å². The van der Waals surface area contributed by atoms with Crippen molar-refractivity contribution in [3.8, 4) is 0 Å². The Bertz CT molecular complexity index is 641. The largest absolute Gasteiger partial charge is 0.384 e. The molecule has 2 aromatic rings. The summed E-state index contributed by atoms with van der Waals surface area (Å²) in [5, 5.41) is 11.3. The Morgan fingerprint density at radius 3 is 2.32 bits per heavy atom. The zero-order chi connectivity index (χ0) is 15.6. The number of hydrogen-bond acceptors (Lipinski definition) is 2. The number of carbonyl (C=O) groups excluding carboxylic acids is 1. The van der Waals surface area contributed by atoms with Crippen LogP contribution in [0.5, 0.6) is 0 Å². The van der Waals surface area contributed by atoms with Gasteiger partial charge in [0.05, 0.1) is 20.1 Å². The first kappa shape index (κ1) is 14.9. The maximum Gasteiger partial charge on any atom is 0.174 e. The maximum atomic E-state index is 13.0. The monoisotopic (exact) mass is 296 g/mol. The minimum Gasteiger partial charge on any atom is -0.384 e. The number of hydrogen-bond donors (Lipinski definition) is 2. The molecule has 1 saturated heterocycles. The number of aliphatic hydroxyl groups is 1. The van der Waals surface area contributed by atoms with E-state index in [1.807, 2.05) is 60.7 Å². The van der Waals surface area contributed by atoms with Crippen LogP contribution in [-0.4, -0.2) is 31.0 Å². The number of ketones is 1. The highest BCUT2D eigenvalue weighted by Gasteiger charge is 2.48. The maximum absolute atomic E-state index is 13.0. The summed E-state index contributed by atoms with van der Waals surface area (Å²) < 4.78 is 0. The fourth-order valence-corrected chi connectivity index (χ4v) is 3.38. The van der Waals surface area contributed by atoms with E-state index >= 15 is 0 Å². The van der Waals surface area contributed by atoms with E-state index in [1.54, 1.807) is 0 Å². The van der Waals surface area contributed by atoms with Gasteiger partial charge in [-0.1, -0.05) is 60.7 Å². The molecule has 0 bridgehead atoms. The minimum absolute atomic E-state index is 0.0333. The van der Waals surface area contributed by atoms with Crippen LogP contribution in [-0.2, 0) is 5.60 Å². The van der Waals surface area contributed by atoms with Gasteiger partial charge in [-0.15, -0.1) is 0 Å². The highest BCUT2D eigenvalue weighted by molar-refractivity contribution is 5.98. The Morgan fingerprint density at radius 1 is 1.09 bits per heavy atom. The second-order valence-corrected chi connectivity index (χ2v) is 6.23. The Hall–Kier alpha value is -1.97. The third kappa shape index (κ3) is 2.70. The van der Waals surface area contributed by atoms with Crippen molar-refractivity contribution in [3.05, 3.63) is 71.8 Å². The molecule has 1 heterocycles. The molecule has 1 fully saturated rings. The SMILES string of the molecule is C[NH+]1CC[C@@](O)(c2ccccc2)[C@H](C(=O)c2ccccc2)C1. The van der Waals surface area contributed by atoms with Crippen molar-refractivity contribution < 1.29 is 14.8 Å². The molecule has 0 spiro atoms. The molecule has 3 nitrogen and oxygen atoms in total. The van der Waals surface area contributed by atoms with Gasteiger partial charge in [0.2, 0.25) is 0 Å². The van der Waals surface area contributed by atoms with Gasteiger partial charge in [0.25, 0.3) is 0 Å². The van der Waals surface area contributed by atoms with Crippen molar-refractivity contribution in [2.75, 3.05) is 20.1 Å². The number of rotatable bonds is 3. The van der Waals surface area contributed by atoms with Gasteiger partial charge in [-0.2, -0.15) is 0 Å². The Balaban J connectivity index is 1.99. The second-order valence-electron chi connectivity index (χ2n) is 6.23. The van der Waals surface area contributed by atoms with E-state index in [1.165, 1.54) is 4.90 Å². The Kier molecular flexibility index (Phi) is 4.10. The van der Waals surface area contributed by atoms with Gasteiger partial charge in [-0.3, -0.25) is 4.79 Å². The van der Waals surface area contributed by atoms with Crippen LogP contribution in [0.15, 0.2) is 60.7 Å². The number of benzene rings is 2. The lowest BCUT2D eigenvalue weighted by Crippen LogP contribution is -3.12. The van der Waals surface area contributed by atoms with Crippen LogP contribution in [0.3, 0.4) is 0 Å². The predicted molar refractivity (Wildman–Crippen MR) is 85.8 cm³/mol. The fourth-order valence-electron chi connectivity index (χ4n) is 3.38. The van der Waals surface area contributed by atoms with Crippen LogP contribution < -0.4 is 4.90 Å². The molecule has 2 N–H and O–H groups in total. The third-order valence-corrected chi connectivity index (χ3v) is 4.71. The summed E-state index contributed by atoms with van der Waals surface area (Å²) in [4.78, 5) is 14.2. The van der Waals surface area contributed by atoms with Gasteiger partial charge in [0, 0.05) is 12.0 Å². The summed E-state index contributed by atoms with van der Waals surface area (Å²) >= 11 is 0. The molecule has 0 aromatic heterocycles. The highest BCUT2D eigenvalue weighted by atomic mass is 16.3. The van der Waals surface area contributed by atoms with Crippen molar-refractivity contribution >= 4 is 5.78 Å². The number of quaternary nitrogens is 1. The van der Waals surface area contributed by atoms with E-state index in [2.05, 4.69) is 7.05 Å². The number of Topliss-reactive ketones (excluding diaryl/α,β-unsaturated/α-hetero) is 1. The molecular weight excluding hydrogens is 274 g/mol. The average Bonchev–Trinajstić information content (AvgIpc) is 2.58. The minimum atomic E-state index is -1.08. The zero-order valence-electron chi connectivity index (χ0n) is 12.8. The van der Waals surface area contributed by atoms with Crippen LogP contribution in [0.1, 0.15) is 22.3 Å². The number of carbonyl (C=O) groups is 1. The summed E-state index contributed by atoms with van der Waals surface area (Å²) in [5.74, 6) is -0.378. The molecule has 114 valence electrons. The van der Waals surface area contributed by atoms with Crippen LogP contribution in [0.25, 0.3) is 0 Å². The van der Waals surface area contributed by atoms with E-state index in [0.29, 0.717) is 18.5 Å². The van der Waals surface area contributed by atoms with E-state index < -0.39 is 11.5 Å². The van der Waals surface area contributed by atoms with Crippen molar-refractivity contribution in [3.63, 3.8) is 0 Å². The van der Waals surface area contributed by atoms with Gasteiger partial charge in [0.1, 0.15) is 11.5 Å². The summed E-state index contributed by atoms with van der Waals surface area (Å²) in [6, 6.07) is 18.9. The van der Waals surface area contributed by atoms with Gasteiger partial charge in [-0.25, -0.2) is 0 Å². The molecule has 2 aromatic carbocycles. The van der Waals surface area contributed by atoms with Gasteiger partial charge < -0.3 is 10.0 Å². The van der Waals surface area contributed by atoms with E-state index in [0.717, 1.165) is 12.1 Å². The first-order valence-electron chi connectivity index (χ1n) is 7.80.